The molecule has 0 rings (SSSR count). The average Bonchev–Trinajstić information content (AvgIpc) is 2.21. The van der Waals surface area contributed by atoms with Crippen LogP contribution in [0.5, 0.6) is 0 Å². The minimum Gasteiger partial charge on any atom is -0.107 e. The summed E-state index contributed by atoms with van der Waals surface area (Å²) in [6.45, 7) is 4.57. The molecule has 0 unspecified atom stereocenters. The number of unbranched alkanes of at least 4 members (excludes halogenated alkanes) is 11. The van der Waals surface area contributed by atoms with E-state index in [1.807, 2.05) is 0 Å². The molecule has 16 heavy (non-hydrogen) atoms. The zero-order valence-electron chi connectivity index (χ0n) is 11.3. The van der Waals surface area contributed by atoms with Crippen LogP contribution in [0.15, 0.2) is 0 Å². The van der Waals surface area contributed by atoms with Crippen LogP contribution < -0.4 is 0 Å². The molecule has 0 saturated carbocycles. The molecular formula is C14H32I2. The summed E-state index contributed by atoms with van der Waals surface area (Å²) in [5, 5.41) is 0. The monoisotopic (exact) mass is 454 g/mol. The number of halogens is 2. The molecule has 0 aromatic rings. The second kappa shape index (κ2) is 21.7. The zero-order chi connectivity index (χ0) is 10.5. The van der Waals surface area contributed by atoms with Crippen molar-refractivity contribution in [3.63, 3.8) is 0 Å². The van der Waals surface area contributed by atoms with Crippen molar-refractivity contribution in [3.8, 4) is 0 Å². The predicted octanol–water partition coefficient (Wildman–Crippen LogP) is 6.94. The Hall–Kier alpha value is 1.46. The highest BCUT2D eigenvalue weighted by Gasteiger charge is 1.91. The highest BCUT2D eigenvalue weighted by Crippen LogP contribution is 2.11. The predicted molar refractivity (Wildman–Crippen MR) is 97.6 cm³/mol. The molecule has 0 bridgehead atoms. The first kappa shape index (κ1) is 22.6. The first-order valence-corrected chi connectivity index (χ1v) is 6.91. The molecule has 0 aromatic heterocycles. The van der Waals surface area contributed by atoms with Gasteiger partial charge in [0.25, 0.3) is 0 Å². The van der Waals surface area contributed by atoms with Crippen molar-refractivity contribution in [2.75, 3.05) is 0 Å². The Morgan fingerprint density at radius 2 is 0.562 bits per heavy atom. The van der Waals surface area contributed by atoms with E-state index in [9.17, 15) is 0 Å². The topological polar surface area (TPSA) is 0 Å². The lowest BCUT2D eigenvalue weighted by Gasteiger charge is -2.01. The van der Waals surface area contributed by atoms with Crippen LogP contribution in [-0.2, 0) is 0 Å². The van der Waals surface area contributed by atoms with Gasteiger partial charge in [-0.1, -0.05) is 90.9 Å². The Labute approximate surface area is 138 Å². The molecule has 0 aliphatic rings. The summed E-state index contributed by atoms with van der Waals surface area (Å²) < 4.78 is 0. The Kier molecular flexibility index (Phi) is 30.7. The highest BCUT2D eigenvalue weighted by atomic mass is 127. The lowest BCUT2D eigenvalue weighted by molar-refractivity contribution is 0.548. The Morgan fingerprint density at radius 1 is 0.375 bits per heavy atom. The fourth-order valence-electron chi connectivity index (χ4n) is 1.91. The third kappa shape index (κ3) is 20.8. The van der Waals surface area contributed by atoms with Crippen LogP contribution in [0.2, 0.25) is 0 Å². The summed E-state index contributed by atoms with van der Waals surface area (Å²) in [6.07, 6.45) is 17.4. The van der Waals surface area contributed by atoms with E-state index in [2.05, 4.69) is 13.8 Å². The van der Waals surface area contributed by atoms with E-state index in [0.29, 0.717) is 0 Å². The lowest BCUT2D eigenvalue weighted by Crippen LogP contribution is -1.81. The van der Waals surface area contributed by atoms with Crippen LogP contribution >= 0.6 is 48.0 Å². The molecular weight excluding hydrogens is 422 g/mol. The van der Waals surface area contributed by atoms with E-state index < -0.39 is 0 Å². The Morgan fingerprint density at radius 3 is 0.750 bits per heavy atom. The van der Waals surface area contributed by atoms with Gasteiger partial charge in [0.2, 0.25) is 0 Å². The molecule has 0 aliphatic carbocycles. The van der Waals surface area contributed by atoms with Gasteiger partial charge in [0.15, 0.2) is 0 Å². The van der Waals surface area contributed by atoms with Crippen LogP contribution in [-0.4, -0.2) is 0 Å². The van der Waals surface area contributed by atoms with Gasteiger partial charge in [-0.3, -0.25) is 0 Å². The fourth-order valence-corrected chi connectivity index (χ4v) is 1.91. The van der Waals surface area contributed by atoms with Crippen LogP contribution in [0.1, 0.15) is 90.9 Å². The minimum atomic E-state index is 0. The SMILES string of the molecule is CCCCCCCCCCCCCC.I.I. The maximum atomic E-state index is 2.29. The van der Waals surface area contributed by atoms with Gasteiger partial charge < -0.3 is 0 Å². The molecule has 0 spiro atoms. The van der Waals surface area contributed by atoms with Crippen molar-refractivity contribution in [3.05, 3.63) is 0 Å². The van der Waals surface area contributed by atoms with E-state index in [1.165, 1.54) is 77.0 Å². The van der Waals surface area contributed by atoms with E-state index in [4.69, 9.17) is 0 Å². The molecule has 0 aliphatic heterocycles. The molecule has 0 nitrogen and oxygen atoms in total. The molecule has 2 heteroatoms. The molecule has 0 atom stereocenters. The fraction of sp³-hybridized carbons (Fsp3) is 1.00. The summed E-state index contributed by atoms with van der Waals surface area (Å²) in [4.78, 5) is 0. The number of hydrogen-bond donors (Lipinski definition) is 0. The van der Waals surface area contributed by atoms with Gasteiger partial charge in [-0.15, -0.1) is 48.0 Å². The van der Waals surface area contributed by atoms with Crippen molar-refractivity contribution >= 4 is 48.0 Å². The lowest BCUT2D eigenvalue weighted by atomic mass is 10.1. The highest BCUT2D eigenvalue weighted by molar-refractivity contribution is 14.0. The van der Waals surface area contributed by atoms with Gasteiger partial charge >= 0.3 is 0 Å². The third-order valence-electron chi connectivity index (χ3n) is 2.96. The second-order valence-electron chi connectivity index (χ2n) is 4.54. The standard InChI is InChI=1S/C14H30.2HI/c1-3-5-7-9-11-13-14-12-10-8-6-4-2;;/h3-14H2,1-2H3;2*1H. The minimum absolute atomic E-state index is 0. The maximum absolute atomic E-state index is 2.29. The molecule has 0 fully saturated rings. The van der Waals surface area contributed by atoms with E-state index in [1.54, 1.807) is 0 Å². The van der Waals surface area contributed by atoms with Crippen LogP contribution in [0, 0.1) is 0 Å². The van der Waals surface area contributed by atoms with Gasteiger partial charge in [0, 0.05) is 0 Å². The molecule has 0 N–H and O–H groups in total. The summed E-state index contributed by atoms with van der Waals surface area (Å²) in [7, 11) is 0. The zero-order valence-corrected chi connectivity index (χ0v) is 16.0. The number of hydrogen-bond acceptors (Lipinski definition) is 0. The summed E-state index contributed by atoms with van der Waals surface area (Å²) >= 11 is 0. The Balaban J connectivity index is -0.000000845. The largest absolute Gasteiger partial charge is 0.107 e. The molecule has 0 radical (unpaired) electrons. The van der Waals surface area contributed by atoms with E-state index >= 15 is 0 Å². The van der Waals surface area contributed by atoms with E-state index in [0.717, 1.165) is 0 Å². The smallest absolute Gasteiger partial charge is 0.0533 e. The summed E-state index contributed by atoms with van der Waals surface area (Å²) in [5.41, 5.74) is 0. The maximum Gasteiger partial charge on any atom is -0.0533 e. The van der Waals surface area contributed by atoms with Crippen LogP contribution in [0.25, 0.3) is 0 Å². The normalized spacial score (nSPS) is 9.38. The first-order valence-electron chi connectivity index (χ1n) is 6.91. The quantitative estimate of drug-likeness (QED) is 0.234. The number of rotatable bonds is 11. The van der Waals surface area contributed by atoms with Gasteiger partial charge in [-0.25, -0.2) is 0 Å². The summed E-state index contributed by atoms with van der Waals surface area (Å²) in [6, 6.07) is 0. The van der Waals surface area contributed by atoms with Gasteiger partial charge in [0.1, 0.15) is 0 Å². The van der Waals surface area contributed by atoms with Crippen molar-refractivity contribution in [2.24, 2.45) is 0 Å². The average molecular weight is 454 g/mol. The molecule has 0 heterocycles. The van der Waals surface area contributed by atoms with Crippen LogP contribution in [0.4, 0.5) is 0 Å². The van der Waals surface area contributed by atoms with Crippen molar-refractivity contribution < 1.29 is 0 Å². The molecule has 0 saturated heterocycles. The molecule has 102 valence electrons. The van der Waals surface area contributed by atoms with Gasteiger partial charge in [-0.05, 0) is 0 Å². The second-order valence-corrected chi connectivity index (χ2v) is 4.54. The van der Waals surface area contributed by atoms with Crippen molar-refractivity contribution in [1.29, 1.82) is 0 Å². The third-order valence-corrected chi connectivity index (χ3v) is 2.96. The first-order chi connectivity index (χ1) is 6.91. The Bertz CT molecular complexity index is 82.7. The van der Waals surface area contributed by atoms with Crippen LogP contribution in [0.3, 0.4) is 0 Å². The summed E-state index contributed by atoms with van der Waals surface area (Å²) in [5.74, 6) is 0. The van der Waals surface area contributed by atoms with E-state index in [-0.39, 0.29) is 48.0 Å². The van der Waals surface area contributed by atoms with Gasteiger partial charge in [0.05, 0.1) is 0 Å². The molecule has 0 aromatic carbocycles. The van der Waals surface area contributed by atoms with Crippen molar-refractivity contribution in [1.82, 2.24) is 0 Å². The van der Waals surface area contributed by atoms with Gasteiger partial charge in [-0.2, -0.15) is 0 Å². The van der Waals surface area contributed by atoms with Crippen molar-refractivity contribution in [2.45, 2.75) is 90.9 Å². The molecule has 0 amide bonds.